The SMILES string of the molecule is CCCNC(Cc1cc(F)ccc1Cl)c1ccoc1. The highest BCUT2D eigenvalue weighted by molar-refractivity contribution is 6.31. The van der Waals surface area contributed by atoms with Crippen LogP contribution in [0.25, 0.3) is 0 Å². The summed E-state index contributed by atoms with van der Waals surface area (Å²) in [6.45, 7) is 3.00. The second-order valence-electron chi connectivity index (χ2n) is 4.50. The monoisotopic (exact) mass is 281 g/mol. The van der Waals surface area contributed by atoms with E-state index in [-0.39, 0.29) is 11.9 Å². The van der Waals surface area contributed by atoms with Gasteiger partial charge in [-0.2, -0.15) is 0 Å². The zero-order valence-electron chi connectivity index (χ0n) is 10.8. The fourth-order valence-corrected chi connectivity index (χ4v) is 2.21. The normalized spacial score (nSPS) is 12.6. The Morgan fingerprint density at radius 1 is 1.37 bits per heavy atom. The number of hydrogen-bond donors (Lipinski definition) is 1. The molecule has 0 aliphatic rings. The number of furan rings is 1. The molecule has 0 aliphatic heterocycles. The van der Waals surface area contributed by atoms with Gasteiger partial charge in [0.1, 0.15) is 5.82 Å². The van der Waals surface area contributed by atoms with Crippen molar-refractivity contribution in [1.82, 2.24) is 5.32 Å². The molecule has 0 radical (unpaired) electrons. The molecular weight excluding hydrogens is 265 g/mol. The van der Waals surface area contributed by atoms with Gasteiger partial charge in [0.05, 0.1) is 12.5 Å². The van der Waals surface area contributed by atoms with Gasteiger partial charge < -0.3 is 9.73 Å². The minimum absolute atomic E-state index is 0.0815. The molecule has 0 saturated heterocycles. The molecular formula is C15H17ClFNO. The Labute approximate surface area is 117 Å². The first kappa shape index (κ1) is 14.1. The number of nitrogens with one attached hydrogen (secondary N) is 1. The highest BCUT2D eigenvalue weighted by Crippen LogP contribution is 2.24. The first-order valence-corrected chi connectivity index (χ1v) is 6.78. The third-order valence-corrected chi connectivity index (χ3v) is 3.39. The molecule has 102 valence electrons. The van der Waals surface area contributed by atoms with E-state index in [4.69, 9.17) is 16.0 Å². The summed E-state index contributed by atoms with van der Waals surface area (Å²) in [5, 5.41) is 4.02. The van der Waals surface area contributed by atoms with Crippen LogP contribution in [0.2, 0.25) is 5.02 Å². The lowest BCUT2D eigenvalue weighted by Crippen LogP contribution is -2.23. The van der Waals surface area contributed by atoms with E-state index in [1.54, 1.807) is 18.6 Å². The summed E-state index contributed by atoms with van der Waals surface area (Å²) >= 11 is 6.12. The summed E-state index contributed by atoms with van der Waals surface area (Å²) in [5.41, 5.74) is 1.85. The molecule has 1 heterocycles. The Kier molecular flexibility index (Phi) is 5.00. The van der Waals surface area contributed by atoms with Gasteiger partial charge in [0.15, 0.2) is 0 Å². The second kappa shape index (κ2) is 6.73. The van der Waals surface area contributed by atoms with E-state index in [0.29, 0.717) is 11.4 Å². The first-order chi connectivity index (χ1) is 9.20. The van der Waals surface area contributed by atoms with Gasteiger partial charge in [-0.05, 0) is 49.2 Å². The second-order valence-corrected chi connectivity index (χ2v) is 4.91. The van der Waals surface area contributed by atoms with Crippen LogP contribution in [0.1, 0.15) is 30.5 Å². The topological polar surface area (TPSA) is 25.2 Å². The molecule has 19 heavy (non-hydrogen) atoms. The quantitative estimate of drug-likeness (QED) is 0.851. The maximum absolute atomic E-state index is 13.3. The van der Waals surface area contributed by atoms with E-state index in [9.17, 15) is 4.39 Å². The Morgan fingerprint density at radius 2 is 2.21 bits per heavy atom. The molecule has 1 N–H and O–H groups in total. The van der Waals surface area contributed by atoms with Crippen molar-refractivity contribution in [2.75, 3.05) is 6.54 Å². The van der Waals surface area contributed by atoms with E-state index in [0.717, 1.165) is 24.1 Å². The molecule has 2 rings (SSSR count). The summed E-state index contributed by atoms with van der Waals surface area (Å²) in [6.07, 6.45) is 5.02. The molecule has 0 bridgehead atoms. The summed E-state index contributed by atoms with van der Waals surface area (Å²) in [7, 11) is 0. The Balaban J connectivity index is 2.17. The average Bonchev–Trinajstić information content (AvgIpc) is 2.92. The zero-order valence-corrected chi connectivity index (χ0v) is 11.6. The van der Waals surface area contributed by atoms with Crippen molar-refractivity contribution in [3.05, 3.63) is 58.8 Å². The van der Waals surface area contributed by atoms with E-state index in [1.165, 1.54) is 12.1 Å². The summed E-state index contributed by atoms with van der Waals surface area (Å²) in [5.74, 6) is -0.263. The smallest absolute Gasteiger partial charge is 0.123 e. The number of benzene rings is 1. The van der Waals surface area contributed by atoms with Gasteiger partial charge in [-0.1, -0.05) is 18.5 Å². The molecule has 1 aromatic carbocycles. The fourth-order valence-electron chi connectivity index (χ4n) is 2.02. The van der Waals surface area contributed by atoms with Gasteiger partial charge in [-0.25, -0.2) is 4.39 Å². The molecule has 1 unspecified atom stereocenters. The number of halogens is 2. The van der Waals surface area contributed by atoms with E-state index < -0.39 is 0 Å². The van der Waals surface area contributed by atoms with Crippen LogP contribution >= 0.6 is 11.6 Å². The van der Waals surface area contributed by atoms with E-state index >= 15 is 0 Å². The molecule has 4 heteroatoms. The molecule has 2 aromatic rings. The van der Waals surface area contributed by atoms with Crippen LogP contribution in [-0.4, -0.2) is 6.54 Å². The molecule has 1 atom stereocenters. The first-order valence-electron chi connectivity index (χ1n) is 6.40. The highest BCUT2D eigenvalue weighted by Gasteiger charge is 2.15. The average molecular weight is 282 g/mol. The summed E-state index contributed by atoms with van der Waals surface area (Å²) in [6, 6.07) is 6.46. The molecule has 0 fully saturated rings. The molecule has 0 spiro atoms. The largest absolute Gasteiger partial charge is 0.472 e. The molecule has 0 saturated carbocycles. The highest BCUT2D eigenvalue weighted by atomic mass is 35.5. The Hall–Kier alpha value is -1.32. The van der Waals surface area contributed by atoms with Crippen LogP contribution in [0.4, 0.5) is 4.39 Å². The van der Waals surface area contributed by atoms with Gasteiger partial charge in [-0.3, -0.25) is 0 Å². The minimum Gasteiger partial charge on any atom is -0.472 e. The Morgan fingerprint density at radius 3 is 2.89 bits per heavy atom. The van der Waals surface area contributed by atoms with Crippen molar-refractivity contribution < 1.29 is 8.81 Å². The van der Waals surface area contributed by atoms with Crippen LogP contribution in [0.3, 0.4) is 0 Å². The van der Waals surface area contributed by atoms with Gasteiger partial charge >= 0.3 is 0 Å². The van der Waals surface area contributed by atoms with Crippen molar-refractivity contribution in [3.8, 4) is 0 Å². The molecule has 1 aromatic heterocycles. The van der Waals surface area contributed by atoms with Crippen LogP contribution in [0.5, 0.6) is 0 Å². The predicted molar refractivity (Wildman–Crippen MR) is 74.9 cm³/mol. The maximum Gasteiger partial charge on any atom is 0.123 e. The fraction of sp³-hybridized carbons (Fsp3) is 0.333. The predicted octanol–water partition coefficient (Wildman–Crippen LogP) is 4.36. The van der Waals surface area contributed by atoms with E-state index in [2.05, 4.69) is 12.2 Å². The standard InChI is InChI=1S/C15H17ClFNO/c1-2-6-18-15(11-5-7-19-10-11)9-12-8-13(17)3-4-14(12)16/h3-5,7-8,10,15,18H,2,6,9H2,1H3. The summed E-state index contributed by atoms with van der Waals surface area (Å²) in [4.78, 5) is 0. The molecule has 0 amide bonds. The van der Waals surface area contributed by atoms with Crippen molar-refractivity contribution in [2.24, 2.45) is 0 Å². The van der Waals surface area contributed by atoms with Crippen molar-refractivity contribution in [3.63, 3.8) is 0 Å². The van der Waals surface area contributed by atoms with Crippen molar-refractivity contribution in [1.29, 1.82) is 0 Å². The lowest BCUT2D eigenvalue weighted by atomic mass is 10.0. The number of rotatable bonds is 6. The van der Waals surface area contributed by atoms with Crippen LogP contribution < -0.4 is 5.32 Å². The minimum atomic E-state index is -0.263. The third kappa shape index (κ3) is 3.82. The van der Waals surface area contributed by atoms with Crippen LogP contribution in [-0.2, 0) is 6.42 Å². The van der Waals surface area contributed by atoms with Crippen molar-refractivity contribution in [2.45, 2.75) is 25.8 Å². The number of hydrogen-bond acceptors (Lipinski definition) is 2. The van der Waals surface area contributed by atoms with Crippen molar-refractivity contribution >= 4 is 11.6 Å². The molecule has 0 aliphatic carbocycles. The van der Waals surface area contributed by atoms with Gasteiger partial charge in [0.25, 0.3) is 0 Å². The van der Waals surface area contributed by atoms with E-state index in [1.807, 2.05) is 6.07 Å². The molecule has 2 nitrogen and oxygen atoms in total. The van der Waals surface area contributed by atoms with Crippen LogP contribution in [0, 0.1) is 5.82 Å². The van der Waals surface area contributed by atoms with Gasteiger partial charge in [-0.15, -0.1) is 0 Å². The van der Waals surface area contributed by atoms with Gasteiger partial charge in [0, 0.05) is 16.6 Å². The lowest BCUT2D eigenvalue weighted by molar-refractivity contribution is 0.511. The zero-order chi connectivity index (χ0) is 13.7. The lowest BCUT2D eigenvalue weighted by Gasteiger charge is -2.18. The maximum atomic E-state index is 13.3. The summed E-state index contributed by atoms with van der Waals surface area (Å²) < 4.78 is 18.4. The third-order valence-electron chi connectivity index (χ3n) is 3.02. The van der Waals surface area contributed by atoms with Gasteiger partial charge in [0.2, 0.25) is 0 Å². The van der Waals surface area contributed by atoms with Crippen LogP contribution in [0.15, 0.2) is 41.2 Å². The Bertz CT molecular complexity index is 513.